The van der Waals surface area contributed by atoms with Gasteiger partial charge in [0.1, 0.15) is 23.9 Å². The average molecular weight is 476 g/mol. The van der Waals surface area contributed by atoms with Gasteiger partial charge in [-0.2, -0.15) is 5.10 Å². The van der Waals surface area contributed by atoms with Gasteiger partial charge in [0.05, 0.1) is 26.0 Å². The van der Waals surface area contributed by atoms with Gasteiger partial charge >= 0.3 is 0 Å². The van der Waals surface area contributed by atoms with Gasteiger partial charge < -0.3 is 14.4 Å². The first-order valence-corrected chi connectivity index (χ1v) is 11.1. The first-order chi connectivity index (χ1) is 16.9. The highest BCUT2D eigenvalue weighted by Crippen LogP contribution is 2.33. The van der Waals surface area contributed by atoms with E-state index in [9.17, 15) is 14.0 Å². The second-order valence-electron chi connectivity index (χ2n) is 8.17. The summed E-state index contributed by atoms with van der Waals surface area (Å²) in [6.45, 7) is -0.155. The quantitative estimate of drug-likeness (QED) is 0.511. The number of carbonyl (C=O) groups is 2. The number of benzene rings is 3. The Balaban J connectivity index is 1.56. The Labute approximate surface area is 203 Å². The van der Waals surface area contributed by atoms with Gasteiger partial charge in [0.15, 0.2) is 0 Å². The number of hydrogen-bond acceptors (Lipinski definition) is 5. The summed E-state index contributed by atoms with van der Waals surface area (Å²) in [5.41, 5.74) is 2.74. The lowest BCUT2D eigenvalue weighted by Crippen LogP contribution is -2.39. The minimum absolute atomic E-state index is 0.155. The van der Waals surface area contributed by atoms with Crippen LogP contribution in [0.5, 0.6) is 11.5 Å². The van der Waals surface area contributed by atoms with Crippen LogP contribution in [0.15, 0.2) is 77.9 Å². The normalized spacial score (nSPS) is 14.9. The number of nitrogens with zero attached hydrogens (tertiary/aromatic N) is 3. The second kappa shape index (κ2) is 10.4. The summed E-state index contributed by atoms with van der Waals surface area (Å²) in [6, 6.07) is 19.8. The second-order valence-corrected chi connectivity index (χ2v) is 8.17. The third-order valence-corrected chi connectivity index (χ3v) is 5.90. The molecular weight excluding hydrogens is 449 g/mol. The van der Waals surface area contributed by atoms with Gasteiger partial charge in [-0.3, -0.25) is 9.59 Å². The number of methoxy groups -OCH3 is 2. The summed E-state index contributed by atoms with van der Waals surface area (Å²) >= 11 is 0. The van der Waals surface area contributed by atoms with Gasteiger partial charge in [0, 0.05) is 19.0 Å². The van der Waals surface area contributed by atoms with Crippen LogP contribution in [0.2, 0.25) is 0 Å². The van der Waals surface area contributed by atoms with Gasteiger partial charge in [-0.15, -0.1) is 0 Å². The van der Waals surface area contributed by atoms with E-state index in [1.807, 2.05) is 24.3 Å². The van der Waals surface area contributed by atoms with Crippen molar-refractivity contribution < 1.29 is 23.5 Å². The smallest absolute Gasteiger partial charge is 0.262 e. The summed E-state index contributed by atoms with van der Waals surface area (Å²) in [6.07, 6.45) is 0.458. The number of likely N-dealkylation sites (N-methyl/N-ethyl adjacent to an activating group) is 1. The van der Waals surface area contributed by atoms with E-state index in [0.717, 1.165) is 11.1 Å². The Bertz CT molecular complexity index is 1220. The highest BCUT2D eigenvalue weighted by Gasteiger charge is 2.34. The molecule has 1 unspecified atom stereocenters. The van der Waals surface area contributed by atoms with Gasteiger partial charge in [-0.25, -0.2) is 9.40 Å². The number of halogens is 1. The molecule has 1 atom stereocenters. The minimum atomic E-state index is -0.363. The number of hydrogen-bond donors (Lipinski definition) is 0. The van der Waals surface area contributed by atoms with Crippen LogP contribution in [0.3, 0.4) is 0 Å². The highest BCUT2D eigenvalue weighted by molar-refractivity contribution is 6.03. The van der Waals surface area contributed by atoms with Gasteiger partial charge in [0.2, 0.25) is 0 Å². The van der Waals surface area contributed by atoms with E-state index < -0.39 is 0 Å². The molecule has 0 spiro atoms. The van der Waals surface area contributed by atoms with Crippen LogP contribution in [-0.2, 0) is 4.79 Å². The molecule has 35 heavy (non-hydrogen) atoms. The van der Waals surface area contributed by atoms with Crippen molar-refractivity contribution >= 4 is 17.5 Å². The van der Waals surface area contributed by atoms with Crippen molar-refractivity contribution in [2.24, 2.45) is 5.10 Å². The number of carbonyl (C=O) groups excluding carboxylic acids is 2. The molecule has 4 rings (SSSR count). The molecule has 2 amide bonds. The first kappa shape index (κ1) is 23.9. The molecule has 0 fully saturated rings. The van der Waals surface area contributed by atoms with E-state index in [-0.39, 0.29) is 30.2 Å². The fourth-order valence-electron chi connectivity index (χ4n) is 3.94. The van der Waals surface area contributed by atoms with E-state index >= 15 is 0 Å². The summed E-state index contributed by atoms with van der Waals surface area (Å²) in [7, 11) is 4.72. The first-order valence-electron chi connectivity index (χ1n) is 11.1. The van der Waals surface area contributed by atoms with Crippen molar-refractivity contribution in [3.63, 3.8) is 0 Å². The maximum Gasteiger partial charge on any atom is 0.262 e. The zero-order chi connectivity index (χ0) is 24.9. The van der Waals surface area contributed by atoms with Crippen molar-refractivity contribution in [3.8, 4) is 11.5 Å². The maximum absolute atomic E-state index is 13.4. The largest absolute Gasteiger partial charge is 0.497 e. The zero-order valence-corrected chi connectivity index (χ0v) is 19.8. The number of rotatable bonds is 7. The Kier molecular flexibility index (Phi) is 7.10. The van der Waals surface area contributed by atoms with E-state index in [2.05, 4.69) is 5.10 Å². The van der Waals surface area contributed by atoms with E-state index in [1.54, 1.807) is 57.7 Å². The molecule has 7 nitrogen and oxygen atoms in total. The molecule has 0 aromatic heterocycles. The lowest BCUT2D eigenvalue weighted by atomic mass is 9.98. The summed E-state index contributed by atoms with van der Waals surface area (Å²) < 4.78 is 23.8. The van der Waals surface area contributed by atoms with Crippen LogP contribution in [0.25, 0.3) is 0 Å². The monoisotopic (exact) mass is 475 g/mol. The van der Waals surface area contributed by atoms with Crippen LogP contribution < -0.4 is 9.47 Å². The molecule has 0 radical (unpaired) electrons. The minimum Gasteiger partial charge on any atom is -0.497 e. The van der Waals surface area contributed by atoms with E-state index in [1.165, 1.54) is 22.0 Å². The van der Waals surface area contributed by atoms with Crippen molar-refractivity contribution in [2.45, 2.75) is 12.5 Å². The highest BCUT2D eigenvalue weighted by atomic mass is 19.1. The number of hydrazone groups is 1. The van der Waals surface area contributed by atoms with Crippen LogP contribution >= 0.6 is 0 Å². The van der Waals surface area contributed by atoms with Crippen LogP contribution in [-0.4, -0.2) is 55.2 Å². The molecule has 1 aliphatic rings. The van der Waals surface area contributed by atoms with E-state index in [4.69, 9.17) is 9.47 Å². The molecule has 0 aliphatic carbocycles. The summed E-state index contributed by atoms with van der Waals surface area (Å²) in [4.78, 5) is 27.6. The molecule has 0 saturated carbocycles. The molecule has 0 saturated heterocycles. The van der Waals surface area contributed by atoms with Gasteiger partial charge in [-0.05, 0) is 59.7 Å². The third kappa shape index (κ3) is 5.32. The van der Waals surface area contributed by atoms with Crippen LogP contribution in [0.4, 0.5) is 4.39 Å². The molecule has 1 aliphatic heterocycles. The van der Waals surface area contributed by atoms with Crippen molar-refractivity contribution in [3.05, 3.63) is 95.3 Å². The third-order valence-electron chi connectivity index (χ3n) is 5.90. The molecule has 0 bridgehead atoms. The van der Waals surface area contributed by atoms with Gasteiger partial charge in [-0.1, -0.05) is 24.3 Å². The fourth-order valence-corrected chi connectivity index (χ4v) is 3.94. The van der Waals surface area contributed by atoms with Crippen LogP contribution in [0, 0.1) is 5.82 Å². The summed E-state index contributed by atoms with van der Waals surface area (Å²) in [5, 5.41) is 6.00. The molecule has 180 valence electrons. The van der Waals surface area contributed by atoms with Crippen molar-refractivity contribution in [1.82, 2.24) is 9.91 Å². The predicted molar refractivity (Wildman–Crippen MR) is 130 cm³/mol. The molecule has 1 heterocycles. The topological polar surface area (TPSA) is 71.4 Å². The Morgan fingerprint density at radius 1 is 0.943 bits per heavy atom. The average Bonchev–Trinajstić information content (AvgIpc) is 3.34. The number of ether oxygens (including phenoxy) is 2. The van der Waals surface area contributed by atoms with E-state index in [0.29, 0.717) is 29.2 Å². The predicted octanol–water partition coefficient (Wildman–Crippen LogP) is 4.29. The number of amides is 2. The fraction of sp³-hybridized carbons (Fsp3) is 0.222. The Morgan fingerprint density at radius 3 is 2.09 bits per heavy atom. The molecule has 3 aromatic rings. The van der Waals surface area contributed by atoms with Crippen molar-refractivity contribution in [2.75, 3.05) is 27.8 Å². The Hall–Kier alpha value is -4.20. The molecular formula is C27H26FN3O4. The van der Waals surface area contributed by atoms with Crippen LogP contribution in [0.1, 0.15) is 33.9 Å². The standard InChI is InChI=1S/C27H26FN3O4/c1-30(27(33)20-8-14-23(35-3)15-9-20)17-26(32)31-25(19-6-12-22(34-2)13-7-19)16-24(29-31)18-4-10-21(28)11-5-18/h4-15,25H,16-17H2,1-3H3. The van der Waals surface area contributed by atoms with Crippen molar-refractivity contribution in [1.29, 1.82) is 0 Å². The summed E-state index contributed by atoms with van der Waals surface area (Å²) in [5.74, 6) is 0.387. The molecule has 3 aromatic carbocycles. The zero-order valence-electron chi connectivity index (χ0n) is 19.8. The maximum atomic E-state index is 13.4. The molecule has 0 N–H and O–H groups in total. The van der Waals surface area contributed by atoms with Gasteiger partial charge in [0.25, 0.3) is 11.8 Å². The lowest BCUT2D eigenvalue weighted by Gasteiger charge is -2.25. The SMILES string of the molecule is COc1ccc(C(=O)N(C)CC(=O)N2N=C(c3ccc(F)cc3)CC2c2ccc(OC)cc2)cc1. The Morgan fingerprint density at radius 2 is 1.51 bits per heavy atom. The molecule has 8 heteroatoms. The lowest BCUT2D eigenvalue weighted by molar-refractivity contribution is -0.133.